The molecule has 4 N–H and O–H groups in total. The number of ether oxygens (including phenoxy) is 2. The van der Waals surface area contributed by atoms with Crippen LogP contribution in [0.3, 0.4) is 0 Å². The summed E-state index contributed by atoms with van der Waals surface area (Å²) >= 11 is 0. The minimum absolute atomic E-state index is 0.156. The van der Waals surface area contributed by atoms with E-state index in [1.165, 1.54) is 83.5 Å². The van der Waals surface area contributed by atoms with E-state index in [1.807, 2.05) is 0 Å². The molecule has 0 heterocycles. The molecule has 11 nitrogen and oxygen atoms in total. The maximum absolute atomic E-state index is 12.6. The predicted octanol–water partition coefficient (Wildman–Crippen LogP) is 11.1. The van der Waals surface area contributed by atoms with Gasteiger partial charge in [0.2, 0.25) is 0 Å². The van der Waals surface area contributed by atoms with Crippen LogP contribution in [0.15, 0.2) is 24.3 Å². The van der Waals surface area contributed by atoms with Crippen molar-refractivity contribution in [3.63, 3.8) is 0 Å². The average molecular weight is 788 g/mol. The smallest absolute Gasteiger partial charge is 0.472 e. The van der Waals surface area contributed by atoms with E-state index < -0.39 is 51.1 Å². The second-order valence-electron chi connectivity index (χ2n) is 14.5. The monoisotopic (exact) mass is 788 g/mol. The molecule has 0 spiro atoms. The molecule has 1 unspecified atom stereocenters. The molecular formula is C42H78NO10P. The number of carboxylic acid groups (broad SMARTS) is 1. The van der Waals surface area contributed by atoms with E-state index in [0.717, 1.165) is 70.6 Å². The van der Waals surface area contributed by atoms with Gasteiger partial charge < -0.3 is 25.2 Å². The van der Waals surface area contributed by atoms with Crippen LogP contribution in [-0.4, -0.2) is 59.9 Å². The summed E-state index contributed by atoms with van der Waals surface area (Å²) in [6.45, 7) is 2.77. The molecule has 0 aliphatic heterocycles. The van der Waals surface area contributed by atoms with Gasteiger partial charge in [-0.2, -0.15) is 0 Å². The van der Waals surface area contributed by atoms with Crippen molar-refractivity contribution < 1.29 is 47.5 Å². The van der Waals surface area contributed by atoms with E-state index in [0.29, 0.717) is 12.8 Å². The molecule has 54 heavy (non-hydrogen) atoms. The molecule has 0 aromatic carbocycles. The van der Waals surface area contributed by atoms with Gasteiger partial charge in [-0.15, -0.1) is 0 Å². The van der Waals surface area contributed by atoms with Crippen molar-refractivity contribution in [3.8, 4) is 0 Å². The number of phosphoric ester groups is 1. The number of unbranched alkanes of at least 4 members (excludes halogenated alkanes) is 22. The molecule has 3 atom stereocenters. The molecule has 12 heteroatoms. The van der Waals surface area contributed by atoms with Gasteiger partial charge in [-0.1, -0.05) is 141 Å². The predicted molar refractivity (Wildman–Crippen MR) is 217 cm³/mol. The van der Waals surface area contributed by atoms with Gasteiger partial charge in [0.25, 0.3) is 0 Å². The van der Waals surface area contributed by atoms with Crippen molar-refractivity contribution in [2.24, 2.45) is 5.73 Å². The van der Waals surface area contributed by atoms with Gasteiger partial charge in [-0.3, -0.25) is 23.4 Å². The van der Waals surface area contributed by atoms with Crippen molar-refractivity contribution >= 4 is 25.7 Å². The van der Waals surface area contributed by atoms with Gasteiger partial charge in [0.1, 0.15) is 12.6 Å². The van der Waals surface area contributed by atoms with Crippen molar-refractivity contribution in [2.75, 3.05) is 19.8 Å². The molecule has 0 radical (unpaired) electrons. The quantitative estimate of drug-likeness (QED) is 0.0233. The van der Waals surface area contributed by atoms with Crippen molar-refractivity contribution in [3.05, 3.63) is 24.3 Å². The number of carbonyl (C=O) groups excluding carboxylic acids is 2. The highest BCUT2D eigenvalue weighted by molar-refractivity contribution is 7.47. The maximum atomic E-state index is 12.6. The molecule has 0 aromatic rings. The van der Waals surface area contributed by atoms with E-state index in [2.05, 4.69) is 42.7 Å². The summed E-state index contributed by atoms with van der Waals surface area (Å²) in [5, 5.41) is 8.88. The van der Waals surface area contributed by atoms with E-state index in [4.69, 9.17) is 24.8 Å². The van der Waals surface area contributed by atoms with Crippen LogP contribution < -0.4 is 5.73 Å². The number of hydrogen-bond donors (Lipinski definition) is 3. The Balaban J connectivity index is 4.39. The van der Waals surface area contributed by atoms with Gasteiger partial charge in [0.15, 0.2) is 6.10 Å². The van der Waals surface area contributed by atoms with Crippen LogP contribution in [0.2, 0.25) is 0 Å². The Morgan fingerprint density at radius 1 is 0.556 bits per heavy atom. The first-order valence-electron chi connectivity index (χ1n) is 21.4. The first kappa shape index (κ1) is 52.0. The lowest BCUT2D eigenvalue weighted by atomic mass is 10.1. The minimum atomic E-state index is -4.71. The molecule has 0 aliphatic carbocycles. The summed E-state index contributed by atoms with van der Waals surface area (Å²) in [4.78, 5) is 45.9. The van der Waals surface area contributed by atoms with Crippen LogP contribution in [-0.2, 0) is 37.5 Å². The second-order valence-corrected chi connectivity index (χ2v) is 15.9. The number of esters is 2. The van der Waals surface area contributed by atoms with Crippen LogP contribution in [0, 0.1) is 0 Å². The highest BCUT2D eigenvalue weighted by Crippen LogP contribution is 2.43. The van der Waals surface area contributed by atoms with Crippen molar-refractivity contribution in [1.82, 2.24) is 0 Å². The number of carboxylic acids is 1. The van der Waals surface area contributed by atoms with Crippen LogP contribution >= 0.6 is 7.82 Å². The van der Waals surface area contributed by atoms with Gasteiger partial charge in [0.05, 0.1) is 13.2 Å². The fourth-order valence-electron chi connectivity index (χ4n) is 5.76. The summed E-state index contributed by atoms with van der Waals surface area (Å²) < 4.78 is 32.7. The molecule has 316 valence electrons. The Hall–Kier alpha value is -2.04. The largest absolute Gasteiger partial charge is 0.480 e. The third-order valence-electron chi connectivity index (χ3n) is 9.17. The fourth-order valence-corrected chi connectivity index (χ4v) is 6.54. The zero-order valence-corrected chi connectivity index (χ0v) is 35.0. The summed E-state index contributed by atoms with van der Waals surface area (Å²) in [6, 6.07) is -1.52. The molecule has 0 aromatic heterocycles. The van der Waals surface area contributed by atoms with Crippen molar-refractivity contribution in [2.45, 2.75) is 206 Å². The van der Waals surface area contributed by atoms with Gasteiger partial charge in [-0.05, 0) is 64.2 Å². The third kappa shape index (κ3) is 36.9. The average Bonchev–Trinajstić information content (AvgIpc) is 3.14. The number of hydrogen-bond acceptors (Lipinski definition) is 9. The number of phosphoric acid groups is 1. The molecule has 0 amide bonds. The molecule has 0 aliphatic rings. The number of carbonyl (C=O) groups is 3. The lowest BCUT2D eigenvalue weighted by Gasteiger charge is -2.20. The highest BCUT2D eigenvalue weighted by Gasteiger charge is 2.28. The Labute approximate surface area is 328 Å². The molecular weight excluding hydrogens is 709 g/mol. The lowest BCUT2D eigenvalue weighted by Crippen LogP contribution is -2.34. The van der Waals surface area contributed by atoms with Crippen LogP contribution in [0.4, 0.5) is 0 Å². The van der Waals surface area contributed by atoms with E-state index in [1.54, 1.807) is 0 Å². The van der Waals surface area contributed by atoms with Crippen LogP contribution in [0.5, 0.6) is 0 Å². The lowest BCUT2D eigenvalue weighted by molar-refractivity contribution is -0.161. The fraction of sp³-hybridized carbons (Fsp3) is 0.833. The molecule has 0 fully saturated rings. The second kappa shape index (κ2) is 37.9. The van der Waals surface area contributed by atoms with Crippen LogP contribution in [0.1, 0.15) is 194 Å². The maximum Gasteiger partial charge on any atom is 0.472 e. The van der Waals surface area contributed by atoms with Gasteiger partial charge in [0, 0.05) is 12.8 Å². The number of aliphatic carboxylic acids is 1. The van der Waals surface area contributed by atoms with Crippen LogP contribution in [0.25, 0.3) is 0 Å². The molecule has 0 bridgehead atoms. The summed E-state index contributed by atoms with van der Waals surface area (Å²) in [5.41, 5.74) is 5.33. The normalized spacial score (nSPS) is 14.0. The number of allylic oxidation sites excluding steroid dienone is 4. The third-order valence-corrected chi connectivity index (χ3v) is 10.1. The summed E-state index contributed by atoms with van der Waals surface area (Å²) in [5.74, 6) is -2.39. The Kier molecular flexibility index (Phi) is 36.4. The standard InChI is InChI=1S/C42H78NO10P/c1-3-5-7-9-11-13-15-17-19-21-23-25-27-29-31-33-40(44)50-35-38(36-51-54(48,49)52-37-39(43)42(46)47)53-41(45)34-32-30-28-26-24-22-20-18-16-14-12-10-8-6-4-2/h14,16-17,19,38-39H,3-13,15,18,20-37,43H2,1-2H3,(H,46,47)(H,48,49)/b16-14-,19-17-/t38-,39+/m1/s1. The topological polar surface area (TPSA) is 172 Å². The zero-order valence-electron chi connectivity index (χ0n) is 34.1. The van der Waals surface area contributed by atoms with E-state index in [-0.39, 0.29) is 19.4 Å². The minimum Gasteiger partial charge on any atom is -0.480 e. The molecule has 0 saturated carbocycles. The SMILES string of the molecule is CCCCCC/C=C\CCCCCCCCCC(=O)O[C@H](COC(=O)CCCCCCC/C=C\CCCCCCCC)COP(=O)(O)OC[C@H](N)C(=O)O. The van der Waals surface area contributed by atoms with Gasteiger partial charge in [-0.25, -0.2) is 4.57 Å². The number of rotatable bonds is 40. The first-order chi connectivity index (χ1) is 26.1. The number of nitrogens with two attached hydrogens (primary N) is 1. The van der Waals surface area contributed by atoms with E-state index >= 15 is 0 Å². The Morgan fingerprint density at radius 2 is 0.926 bits per heavy atom. The van der Waals surface area contributed by atoms with Crippen molar-refractivity contribution in [1.29, 1.82) is 0 Å². The summed E-state index contributed by atoms with van der Waals surface area (Å²) in [7, 11) is -4.71. The first-order valence-corrected chi connectivity index (χ1v) is 22.9. The van der Waals surface area contributed by atoms with E-state index in [9.17, 15) is 23.8 Å². The Morgan fingerprint density at radius 3 is 1.37 bits per heavy atom. The molecule has 0 rings (SSSR count). The highest BCUT2D eigenvalue weighted by atomic mass is 31.2. The Bertz CT molecular complexity index is 1020. The summed E-state index contributed by atoms with van der Waals surface area (Å²) in [6.07, 6.45) is 38.1. The zero-order chi connectivity index (χ0) is 40.0. The molecule has 0 saturated heterocycles. The van der Waals surface area contributed by atoms with Gasteiger partial charge >= 0.3 is 25.7 Å².